The van der Waals surface area contributed by atoms with E-state index < -0.39 is 15.6 Å². The van der Waals surface area contributed by atoms with Crippen LogP contribution < -0.4 is 0 Å². The molecule has 94 valence electrons. The third kappa shape index (κ3) is 2.40. The SMILES string of the molecule is CC1(C)COCN1S(=O)(=O)c1ccc(Br)cc1. The zero-order chi connectivity index (χ0) is 12.7. The van der Waals surface area contributed by atoms with E-state index in [1.165, 1.54) is 4.31 Å². The van der Waals surface area contributed by atoms with Gasteiger partial charge in [-0.05, 0) is 38.1 Å². The molecule has 0 aliphatic carbocycles. The zero-order valence-electron chi connectivity index (χ0n) is 9.68. The Labute approximate surface area is 110 Å². The second-order valence-corrected chi connectivity index (χ2v) is 7.38. The summed E-state index contributed by atoms with van der Waals surface area (Å²) < 4.78 is 32.3. The topological polar surface area (TPSA) is 46.6 Å². The average molecular weight is 320 g/mol. The summed E-state index contributed by atoms with van der Waals surface area (Å²) in [6, 6.07) is 6.62. The van der Waals surface area contributed by atoms with Crippen LogP contribution in [0.5, 0.6) is 0 Å². The number of sulfonamides is 1. The molecule has 4 nitrogen and oxygen atoms in total. The van der Waals surface area contributed by atoms with Crippen LogP contribution in [-0.4, -0.2) is 31.6 Å². The zero-order valence-corrected chi connectivity index (χ0v) is 12.1. The number of hydrogen-bond donors (Lipinski definition) is 0. The molecule has 0 atom stereocenters. The predicted octanol–water partition coefficient (Wildman–Crippen LogP) is 2.21. The molecule has 0 unspecified atom stereocenters. The first kappa shape index (κ1) is 13.0. The molecule has 2 rings (SSSR count). The highest BCUT2D eigenvalue weighted by Gasteiger charge is 2.41. The van der Waals surface area contributed by atoms with Gasteiger partial charge < -0.3 is 4.74 Å². The van der Waals surface area contributed by atoms with E-state index in [9.17, 15) is 8.42 Å². The van der Waals surface area contributed by atoms with Crippen LogP contribution in [0.3, 0.4) is 0 Å². The first-order valence-electron chi connectivity index (χ1n) is 5.20. The number of ether oxygens (including phenoxy) is 1. The molecule has 1 heterocycles. The Kier molecular flexibility index (Phi) is 3.33. The highest BCUT2D eigenvalue weighted by atomic mass is 79.9. The van der Waals surface area contributed by atoms with E-state index in [1.807, 2.05) is 13.8 Å². The Bertz CT molecular complexity index is 510. The van der Waals surface area contributed by atoms with Gasteiger partial charge in [0.25, 0.3) is 0 Å². The molecule has 1 saturated heterocycles. The third-order valence-corrected chi connectivity index (χ3v) is 5.32. The number of halogens is 1. The minimum Gasteiger partial charge on any atom is -0.363 e. The quantitative estimate of drug-likeness (QED) is 0.839. The molecule has 0 aromatic heterocycles. The highest BCUT2D eigenvalue weighted by Crippen LogP contribution is 2.29. The van der Waals surface area contributed by atoms with Crippen molar-refractivity contribution in [3.8, 4) is 0 Å². The number of benzene rings is 1. The summed E-state index contributed by atoms with van der Waals surface area (Å²) in [4.78, 5) is 0.291. The summed E-state index contributed by atoms with van der Waals surface area (Å²) in [5.74, 6) is 0. The Morgan fingerprint density at radius 1 is 1.29 bits per heavy atom. The molecule has 1 aliphatic rings. The van der Waals surface area contributed by atoms with E-state index in [1.54, 1.807) is 24.3 Å². The molecule has 0 bridgehead atoms. The van der Waals surface area contributed by atoms with E-state index in [0.717, 1.165) is 4.47 Å². The number of hydrogen-bond acceptors (Lipinski definition) is 3. The lowest BCUT2D eigenvalue weighted by atomic mass is 10.1. The molecular formula is C11H14BrNO3S. The maximum atomic E-state index is 12.4. The van der Waals surface area contributed by atoms with Crippen molar-refractivity contribution in [2.45, 2.75) is 24.3 Å². The minimum absolute atomic E-state index is 0.116. The second kappa shape index (κ2) is 4.35. The largest absolute Gasteiger partial charge is 0.363 e. The second-order valence-electron chi connectivity index (χ2n) is 4.60. The van der Waals surface area contributed by atoms with Gasteiger partial charge in [0.1, 0.15) is 6.73 Å². The van der Waals surface area contributed by atoms with Gasteiger partial charge in [-0.25, -0.2) is 8.42 Å². The van der Waals surface area contributed by atoms with Crippen LogP contribution in [0.25, 0.3) is 0 Å². The maximum absolute atomic E-state index is 12.4. The van der Waals surface area contributed by atoms with Crippen LogP contribution in [0.15, 0.2) is 33.6 Å². The first-order chi connectivity index (χ1) is 7.84. The van der Waals surface area contributed by atoms with Crippen LogP contribution in [0.1, 0.15) is 13.8 Å². The molecule has 0 spiro atoms. The van der Waals surface area contributed by atoms with E-state index >= 15 is 0 Å². The van der Waals surface area contributed by atoms with Crippen LogP contribution in [0.4, 0.5) is 0 Å². The standard InChI is InChI=1S/C11H14BrNO3S/c1-11(2)7-16-8-13(11)17(14,15)10-5-3-9(12)4-6-10/h3-6H,7-8H2,1-2H3. The molecule has 0 N–H and O–H groups in total. The van der Waals surface area contributed by atoms with Crippen molar-refractivity contribution in [3.05, 3.63) is 28.7 Å². The molecule has 1 aliphatic heterocycles. The maximum Gasteiger partial charge on any atom is 0.245 e. The van der Waals surface area contributed by atoms with Gasteiger partial charge in [-0.1, -0.05) is 15.9 Å². The summed E-state index contributed by atoms with van der Waals surface area (Å²) in [6.07, 6.45) is 0. The third-order valence-electron chi connectivity index (χ3n) is 2.74. The summed E-state index contributed by atoms with van der Waals surface area (Å²) in [5.41, 5.74) is -0.494. The van der Waals surface area contributed by atoms with Gasteiger partial charge in [0.15, 0.2) is 0 Å². The fourth-order valence-corrected chi connectivity index (χ4v) is 3.67. The van der Waals surface area contributed by atoms with Gasteiger partial charge in [-0.15, -0.1) is 0 Å². The number of rotatable bonds is 2. The Morgan fingerprint density at radius 3 is 2.35 bits per heavy atom. The molecular weight excluding hydrogens is 306 g/mol. The molecule has 1 fully saturated rings. The van der Waals surface area contributed by atoms with Crippen molar-refractivity contribution in [3.63, 3.8) is 0 Å². The van der Waals surface area contributed by atoms with Crippen LogP contribution in [0.2, 0.25) is 0 Å². The Balaban J connectivity index is 2.40. The van der Waals surface area contributed by atoms with Crippen molar-refractivity contribution >= 4 is 26.0 Å². The first-order valence-corrected chi connectivity index (χ1v) is 7.43. The van der Waals surface area contributed by atoms with Gasteiger partial charge in [0.2, 0.25) is 10.0 Å². The fraction of sp³-hybridized carbons (Fsp3) is 0.455. The van der Waals surface area contributed by atoms with Gasteiger partial charge in [-0.2, -0.15) is 4.31 Å². The molecule has 1 aromatic carbocycles. The van der Waals surface area contributed by atoms with E-state index in [0.29, 0.717) is 11.5 Å². The lowest BCUT2D eigenvalue weighted by Gasteiger charge is -2.28. The highest BCUT2D eigenvalue weighted by molar-refractivity contribution is 9.10. The smallest absolute Gasteiger partial charge is 0.245 e. The summed E-state index contributed by atoms with van der Waals surface area (Å²) in [6.45, 7) is 4.25. The van der Waals surface area contributed by atoms with Crippen LogP contribution in [-0.2, 0) is 14.8 Å². The molecule has 1 aromatic rings. The number of nitrogens with zero attached hydrogens (tertiary/aromatic N) is 1. The summed E-state index contributed by atoms with van der Waals surface area (Å²) in [5, 5.41) is 0. The summed E-state index contributed by atoms with van der Waals surface area (Å²) in [7, 11) is -3.48. The monoisotopic (exact) mass is 319 g/mol. The van der Waals surface area contributed by atoms with E-state index in [2.05, 4.69) is 15.9 Å². The minimum atomic E-state index is -3.48. The predicted molar refractivity (Wildman–Crippen MR) is 68.1 cm³/mol. The summed E-state index contributed by atoms with van der Waals surface area (Å²) >= 11 is 3.29. The Hall–Kier alpha value is -0.430. The van der Waals surface area contributed by atoms with Crippen molar-refractivity contribution in [1.82, 2.24) is 4.31 Å². The van der Waals surface area contributed by atoms with Crippen molar-refractivity contribution in [2.24, 2.45) is 0 Å². The van der Waals surface area contributed by atoms with Crippen LogP contribution in [0, 0.1) is 0 Å². The van der Waals surface area contributed by atoms with Crippen molar-refractivity contribution < 1.29 is 13.2 Å². The van der Waals surface area contributed by atoms with Crippen LogP contribution >= 0.6 is 15.9 Å². The Morgan fingerprint density at radius 2 is 1.88 bits per heavy atom. The van der Waals surface area contributed by atoms with Gasteiger partial charge >= 0.3 is 0 Å². The molecule has 0 amide bonds. The lowest BCUT2D eigenvalue weighted by molar-refractivity contribution is 0.171. The average Bonchev–Trinajstić information content (AvgIpc) is 2.59. The van der Waals surface area contributed by atoms with Gasteiger partial charge in [0, 0.05) is 4.47 Å². The van der Waals surface area contributed by atoms with Crippen molar-refractivity contribution in [2.75, 3.05) is 13.3 Å². The van der Waals surface area contributed by atoms with Crippen molar-refractivity contribution in [1.29, 1.82) is 0 Å². The van der Waals surface area contributed by atoms with E-state index in [4.69, 9.17) is 4.74 Å². The molecule has 0 saturated carbocycles. The van der Waals surface area contributed by atoms with Gasteiger partial charge in [0.05, 0.1) is 17.0 Å². The van der Waals surface area contributed by atoms with E-state index in [-0.39, 0.29) is 6.73 Å². The molecule has 6 heteroatoms. The fourth-order valence-electron chi connectivity index (χ4n) is 1.75. The molecule has 17 heavy (non-hydrogen) atoms. The normalized spacial score (nSPS) is 20.6. The lowest BCUT2D eigenvalue weighted by Crippen LogP contribution is -2.44. The van der Waals surface area contributed by atoms with Gasteiger partial charge in [-0.3, -0.25) is 0 Å². The molecule has 0 radical (unpaired) electrons.